The van der Waals surface area contributed by atoms with E-state index >= 15 is 0 Å². The number of aromatic nitrogens is 1. The zero-order valence-electron chi connectivity index (χ0n) is 15.0. The number of rotatable bonds is 4. The van der Waals surface area contributed by atoms with Gasteiger partial charge in [-0.15, -0.1) is 0 Å². The van der Waals surface area contributed by atoms with Crippen molar-refractivity contribution in [2.45, 2.75) is 32.2 Å². The number of nitrogens with zero attached hydrogens (tertiary/aromatic N) is 1. The zero-order valence-corrected chi connectivity index (χ0v) is 15.0. The van der Waals surface area contributed by atoms with Crippen molar-refractivity contribution in [3.8, 4) is 11.3 Å². The number of anilines is 2. The molecule has 0 saturated carbocycles. The molecule has 0 fully saturated rings. The Labute approximate surface area is 156 Å². The molecule has 2 heterocycles. The summed E-state index contributed by atoms with van der Waals surface area (Å²) in [5.41, 5.74) is 3.73. The normalized spacial score (nSPS) is 14.8. The summed E-state index contributed by atoms with van der Waals surface area (Å²) in [7, 11) is 0. The van der Waals surface area contributed by atoms with Crippen LogP contribution in [-0.2, 0) is 11.2 Å². The summed E-state index contributed by atoms with van der Waals surface area (Å²) in [5, 5.41) is 6.32. The molecule has 0 spiro atoms. The Balaban J connectivity index is 1.49. The molecule has 1 aromatic heterocycles. The van der Waals surface area contributed by atoms with Gasteiger partial charge in [-0.1, -0.05) is 0 Å². The van der Waals surface area contributed by atoms with Crippen molar-refractivity contribution in [3.63, 3.8) is 0 Å². The Morgan fingerprint density at radius 2 is 2.00 bits per heavy atom. The van der Waals surface area contributed by atoms with Crippen molar-refractivity contribution < 1.29 is 13.6 Å². The molecule has 1 aliphatic heterocycles. The maximum atomic E-state index is 13.1. The molecule has 1 amide bonds. The van der Waals surface area contributed by atoms with Gasteiger partial charge in [0.15, 0.2) is 5.76 Å². The van der Waals surface area contributed by atoms with Crippen molar-refractivity contribution >= 4 is 17.3 Å². The summed E-state index contributed by atoms with van der Waals surface area (Å²) in [6.45, 7) is 1.97. The molecule has 4 rings (SSSR count). The van der Waals surface area contributed by atoms with Gasteiger partial charge in [-0.3, -0.25) is 4.79 Å². The fourth-order valence-electron chi connectivity index (χ4n) is 3.21. The average Bonchev–Trinajstić information content (AvgIpc) is 3.07. The van der Waals surface area contributed by atoms with E-state index in [4.69, 9.17) is 4.42 Å². The first-order valence-corrected chi connectivity index (χ1v) is 8.99. The molecule has 2 N–H and O–H groups in total. The first-order valence-electron chi connectivity index (χ1n) is 8.99. The lowest BCUT2D eigenvalue weighted by molar-refractivity contribution is -0.116. The molecule has 0 aliphatic carbocycles. The summed E-state index contributed by atoms with van der Waals surface area (Å²) in [4.78, 5) is 16.0. The summed E-state index contributed by atoms with van der Waals surface area (Å²) >= 11 is 0. The van der Waals surface area contributed by atoms with Crippen molar-refractivity contribution in [2.24, 2.45) is 0 Å². The van der Waals surface area contributed by atoms with Gasteiger partial charge in [0.05, 0.1) is 6.20 Å². The van der Waals surface area contributed by atoms with E-state index in [0.717, 1.165) is 35.3 Å². The fraction of sp³-hybridized carbons (Fsp3) is 0.238. The van der Waals surface area contributed by atoms with Crippen molar-refractivity contribution in [3.05, 3.63) is 65.9 Å². The Kier molecular flexibility index (Phi) is 4.62. The summed E-state index contributed by atoms with van der Waals surface area (Å²) in [6, 6.07) is 11.9. The van der Waals surface area contributed by atoms with Gasteiger partial charge in [0.2, 0.25) is 11.8 Å². The van der Waals surface area contributed by atoms with E-state index < -0.39 is 0 Å². The molecule has 27 heavy (non-hydrogen) atoms. The van der Waals surface area contributed by atoms with E-state index in [2.05, 4.69) is 21.7 Å². The van der Waals surface area contributed by atoms with Crippen LogP contribution in [-0.4, -0.2) is 10.9 Å². The maximum absolute atomic E-state index is 13.1. The quantitative estimate of drug-likeness (QED) is 0.688. The minimum absolute atomic E-state index is 0.0657. The molecule has 1 aliphatic rings. The topological polar surface area (TPSA) is 67.2 Å². The van der Waals surface area contributed by atoms with Gasteiger partial charge in [0.1, 0.15) is 11.9 Å². The zero-order chi connectivity index (χ0) is 18.8. The third-order valence-electron chi connectivity index (χ3n) is 4.64. The van der Waals surface area contributed by atoms with Crippen molar-refractivity contribution in [1.82, 2.24) is 4.98 Å². The van der Waals surface area contributed by atoms with E-state index in [1.54, 1.807) is 18.3 Å². The molecule has 138 valence electrons. The van der Waals surface area contributed by atoms with Crippen LogP contribution in [0.3, 0.4) is 0 Å². The van der Waals surface area contributed by atoms with Gasteiger partial charge in [-0.25, -0.2) is 9.37 Å². The highest BCUT2D eigenvalue weighted by Gasteiger charge is 2.16. The number of hydrogen-bond donors (Lipinski definition) is 2. The highest BCUT2D eigenvalue weighted by molar-refractivity contribution is 5.92. The summed E-state index contributed by atoms with van der Waals surface area (Å²) in [5.74, 6) is 0.935. The number of carbonyl (C=O) groups excluding carboxylic acids is 1. The lowest BCUT2D eigenvalue weighted by Gasteiger charge is -2.14. The molecule has 1 unspecified atom stereocenters. The molecule has 0 saturated heterocycles. The first-order chi connectivity index (χ1) is 13.1. The van der Waals surface area contributed by atoms with Crippen LogP contribution in [0.4, 0.5) is 15.8 Å². The van der Waals surface area contributed by atoms with E-state index in [-0.39, 0.29) is 17.8 Å². The van der Waals surface area contributed by atoms with Crippen LogP contribution in [0.1, 0.15) is 37.3 Å². The van der Waals surface area contributed by atoms with Gasteiger partial charge in [-0.05, 0) is 67.8 Å². The van der Waals surface area contributed by atoms with Crippen LogP contribution in [0.2, 0.25) is 0 Å². The smallest absolute Gasteiger partial charge is 0.224 e. The van der Waals surface area contributed by atoms with Crippen LogP contribution in [0.5, 0.6) is 0 Å². The molecule has 5 nitrogen and oxygen atoms in total. The van der Waals surface area contributed by atoms with E-state index in [1.165, 1.54) is 12.1 Å². The summed E-state index contributed by atoms with van der Waals surface area (Å²) in [6.07, 6.45) is 3.91. The Morgan fingerprint density at radius 1 is 1.19 bits per heavy atom. The van der Waals surface area contributed by atoms with Gasteiger partial charge in [0.25, 0.3) is 0 Å². The minimum Gasteiger partial charge on any atom is -0.438 e. The van der Waals surface area contributed by atoms with E-state index in [0.29, 0.717) is 18.1 Å². The molecule has 2 aromatic carbocycles. The molecule has 6 heteroatoms. The molecule has 0 bridgehead atoms. The Hall–Kier alpha value is -3.15. The van der Waals surface area contributed by atoms with Gasteiger partial charge in [-0.2, -0.15) is 0 Å². The number of halogens is 1. The predicted octanol–water partition coefficient (Wildman–Crippen LogP) is 4.93. The second-order valence-electron chi connectivity index (χ2n) is 6.71. The maximum Gasteiger partial charge on any atom is 0.224 e. The third kappa shape index (κ3) is 3.84. The number of carbonyl (C=O) groups is 1. The number of fused-ring (bicyclic) bond motifs is 1. The van der Waals surface area contributed by atoms with Crippen LogP contribution in [0, 0.1) is 5.82 Å². The summed E-state index contributed by atoms with van der Waals surface area (Å²) < 4.78 is 18.9. The predicted molar refractivity (Wildman–Crippen MR) is 102 cm³/mol. The molecular formula is C21H20FN3O2. The lowest BCUT2D eigenvalue weighted by atomic mass is 10.1. The third-order valence-corrected chi connectivity index (χ3v) is 4.64. The second kappa shape index (κ2) is 7.23. The number of benzene rings is 2. The van der Waals surface area contributed by atoms with Gasteiger partial charge < -0.3 is 15.1 Å². The number of oxazole rings is 1. The number of amides is 1. The van der Waals surface area contributed by atoms with Gasteiger partial charge >= 0.3 is 0 Å². The number of nitrogens with one attached hydrogen (secondary N) is 2. The van der Waals surface area contributed by atoms with Crippen molar-refractivity contribution in [1.29, 1.82) is 0 Å². The molecule has 3 aromatic rings. The first kappa shape index (κ1) is 17.3. The van der Waals surface area contributed by atoms with Crippen LogP contribution in [0.25, 0.3) is 11.3 Å². The second-order valence-corrected chi connectivity index (χ2v) is 6.71. The van der Waals surface area contributed by atoms with Crippen LogP contribution < -0.4 is 10.6 Å². The Bertz CT molecular complexity index is 966. The lowest BCUT2D eigenvalue weighted by Crippen LogP contribution is -2.10. The highest BCUT2D eigenvalue weighted by atomic mass is 19.1. The monoisotopic (exact) mass is 365 g/mol. The average molecular weight is 365 g/mol. The minimum atomic E-state index is -0.284. The van der Waals surface area contributed by atoms with Crippen molar-refractivity contribution in [2.75, 3.05) is 10.6 Å². The standard InChI is InChI=1S/C21H20FN3O2/c1-13(21-23-12-19(27-21)14-5-7-16(22)8-6-14)24-17-9-10-18-15(11-17)3-2-4-20(26)25-18/h5-13,24H,2-4H2,1H3,(H,25,26). The van der Waals surface area contributed by atoms with E-state index in [9.17, 15) is 9.18 Å². The van der Waals surface area contributed by atoms with Gasteiger partial charge in [0, 0.05) is 23.4 Å². The largest absolute Gasteiger partial charge is 0.438 e. The molecule has 1 atom stereocenters. The van der Waals surface area contributed by atoms with Crippen LogP contribution in [0.15, 0.2) is 53.1 Å². The molecule has 0 radical (unpaired) electrons. The van der Waals surface area contributed by atoms with E-state index in [1.807, 2.05) is 19.1 Å². The fourth-order valence-corrected chi connectivity index (χ4v) is 3.21. The molecular weight excluding hydrogens is 345 g/mol. The number of aryl methyl sites for hydroxylation is 1. The Morgan fingerprint density at radius 3 is 2.81 bits per heavy atom. The van der Waals surface area contributed by atoms with Crippen LogP contribution >= 0.6 is 0 Å². The SMILES string of the molecule is CC(Nc1ccc2c(c1)CCCC(=O)N2)c1ncc(-c2ccc(F)cc2)o1. The number of hydrogen-bond acceptors (Lipinski definition) is 4. The highest BCUT2D eigenvalue weighted by Crippen LogP contribution is 2.29.